The molecule has 3 rings (SSSR count). The van der Waals surface area contributed by atoms with E-state index in [0.717, 1.165) is 20.2 Å². The second kappa shape index (κ2) is 6.07. The van der Waals surface area contributed by atoms with Crippen molar-refractivity contribution in [3.8, 4) is 0 Å². The molecular weight excluding hydrogens is 399 g/mol. The Morgan fingerprint density at radius 1 is 1.14 bits per heavy atom. The van der Waals surface area contributed by atoms with E-state index in [1.807, 2.05) is 48.5 Å². The Bertz CT molecular complexity index is 860. The van der Waals surface area contributed by atoms with Crippen molar-refractivity contribution in [1.82, 2.24) is 4.98 Å². The van der Waals surface area contributed by atoms with E-state index < -0.39 is 0 Å². The number of aromatic amines is 1. The molecule has 0 aliphatic rings. The van der Waals surface area contributed by atoms with Gasteiger partial charge in [-0.3, -0.25) is 4.79 Å². The molecule has 0 atom stereocenters. The van der Waals surface area contributed by atoms with Crippen LogP contribution < -0.4 is 10.9 Å². The first kappa shape index (κ1) is 14.4. The lowest BCUT2D eigenvalue weighted by atomic mass is 10.1. The number of halogens is 2. The van der Waals surface area contributed by atoms with Crippen LogP contribution in [-0.4, -0.2) is 4.98 Å². The highest BCUT2D eigenvalue weighted by Crippen LogP contribution is 2.22. The molecule has 0 aliphatic heterocycles. The third-order valence-corrected chi connectivity index (χ3v) is 4.36. The molecule has 0 fully saturated rings. The molecule has 2 aromatic carbocycles. The quantitative estimate of drug-likeness (QED) is 0.629. The van der Waals surface area contributed by atoms with E-state index in [-0.39, 0.29) is 5.56 Å². The Kier molecular flexibility index (Phi) is 4.17. The number of fused-ring (bicyclic) bond motifs is 1. The number of anilines is 1. The molecule has 1 heterocycles. The van der Waals surface area contributed by atoms with Crippen LogP contribution in [0.5, 0.6) is 0 Å². The summed E-state index contributed by atoms with van der Waals surface area (Å²) in [6.07, 6.45) is 0. The molecule has 0 unspecified atom stereocenters. The lowest BCUT2D eigenvalue weighted by molar-refractivity contribution is 1.09. The molecule has 106 valence electrons. The highest BCUT2D eigenvalue weighted by molar-refractivity contribution is 14.1. The number of benzene rings is 2. The fraction of sp³-hybridized carbons (Fsp3) is 0.0625. The maximum Gasteiger partial charge on any atom is 0.253 e. The summed E-state index contributed by atoms with van der Waals surface area (Å²) in [6.45, 7) is 0.470. The van der Waals surface area contributed by atoms with Crippen molar-refractivity contribution in [2.24, 2.45) is 0 Å². The van der Waals surface area contributed by atoms with Crippen molar-refractivity contribution in [2.45, 2.75) is 6.54 Å². The highest BCUT2D eigenvalue weighted by atomic mass is 127. The van der Waals surface area contributed by atoms with Gasteiger partial charge in [-0.05, 0) is 58.3 Å². The maximum absolute atomic E-state index is 12.1. The topological polar surface area (TPSA) is 44.9 Å². The van der Waals surface area contributed by atoms with Crippen molar-refractivity contribution in [2.75, 3.05) is 5.32 Å². The average Bonchev–Trinajstić information content (AvgIpc) is 2.46. The summed E-state index contributed by atoms with van der Waals surface area (Å²) in [6, 6.07) is 15.3. The number of H-pyrrole nitrogens is 1. The minimum absolute atomic E-state index is 0.0647. The van der Waals surface area contributed by atoms with Gasteiger partial charge in [0.1, 0.15) is 0 Å². The molecule has 3 aromatic rings. The van der Waals surface area contributed by atoms with Gasteiger partial charge in [-0.15, -0.1) is 0 Å². The summed E-state index contributed by atoms with van der Waals surface area (Å²) in [7, 11) is 0. The van der Waals surface area contributed by atoms with Gasteiger partial charge >= 0.3 is 0 Å². The Hall–Kier alpha value is -1.53. The zero-order valence-electron chi connectivity index (χ0n) is 11.0. The molecule has 0 radical (unpaired) electrons. The summed E-state index contributed by atoms with van der Waals surface area (Å²) in [5, 5.41) is 5.01. The predicted octanol–water partition coefficient (Wildman–Crippen LogP) is 4.40. The summed E-state index contributed by atoms with van der Waals surface area (Å²) in [5.41, 5.74) is 2.46. The van der Waals surface area contributed by atoms with E-state index >= 15 is 0 Å². The van der Waals surface area contributed by atoms with Crippen LogP contribution in [0.4, 0.5) is 5.69 Å². The Morgan fingerprint density at radius 2 is 1.95 bits per heavy atom. The van der Waals surface area contributed by atoms with Crippen LogP contribution in [0.1, 0.15) is 5.56 Å². The molecule has 0 saturated carbocycles. The van der Waals surface area contributed by atoms with Gasteiger partial charge in [0.15, 0.2) is 0 Å². The van der Waals surface area contributed by atoms with Crippen LogP contribution in [0, 0.1) is 3.57 Å². The monoisotopic (exact) mass is 410 g/mol. The van der Waals surface area contributed by atoms with E-state index in [1.165, 1.54) is 0 Å². The van der Waals surface area contributed by atoms with E-state index in [1.54, 1.807) is 0 Å². The second-order valence-corrected chi connectivity index (χ2v) is 6.29. The second-order valence-electron chi connectivity index (χ2n) is 4.69. The molecule has 2 N–H and O–H groups in total. The van der Waals surface area contributed by atoms with Crippen molar-refractivity contribution in [3.63, 3.8) is 0 Å². The van der Waals surface area contributed by atoms with Crippen LogP contribution >= 0.6 is 34.2 Å². The Labute approximate surface area is 140 Å². The van der Waals surface area contributed by atoms with E-state index in [9.17, 15) is 4.79 Å². The van der Waals surface area contributed by atoms with Crippen LogP contribution in [0.2, 0.25) is 5.02 Å². The van der Waals surface area contributed by atoms with Crippen LogP contribution in [0.25, 0.3) is 10.9 Å². The first-order valence-electron chi connectivity index (χ1n) is 6.43. The average molecular weight is 411 g/mol. The van der Waals surface area contributed by atoms with Gasteiger partial charge in [-0.1, -0.05) is 29.8 Å². The van der Waals surface area contributed by atoms with E-state index in [0.29, 0.717) is 17.1 Å². The number of aromatic nitrogens is 1. The molecule has 5 heteroatoms. The van der Waals surface area contributed by atoms with Crippen molar-refractivity contribution >= 4 is 50.8 Å². The normalized spacial score (nSPS) is 10.8. The summed E-state index contributed by atoms with van der Waals surface area (Å²) >= 11 is 8.16. The van der Waals surface area contributed by atoms with Crippen molar-refractivity contribution < 1.29 is 0 Å². The molecule has 3 nitrogen and oxygen atoms in total. The van der Waals surface area contributed by atoms with Gasteiger partial charge in [0, 0.05) is 31.9 Å². The van der Waals surface area contributed by atoms with Crippen LogP contribution in [0.15, 0.2) is 53.3 Å². The van der Waals surface area contributed by atoms with Gasteiger partial charge in [-0.2, -0.15) is 0 Å². The van der Waals surface area contributed by atoms with Gasteiger partial charge in [-0.25, -0.2) is 0 Å². The lowest BCUT2D eigenvalue weighted by Gasteiger charge is -2.09. The minimum Gasteiger partial charge on any atom is -0.380 e. The summed E-state index contributed by atoms with van der Waals surface area (Å²) in [5.74, 6) is 0. The Morgan fingerprint density at radius 3 is 2.76 bits per heavy atom. The first-order chi connectivity index (χ1) is 10.1. The standard InChI is InChI=1S/C16H12ClIN2O/c17-12-5-6-15(13(18)8-12)19-9-11-7-10-3-1-2-4-14(10)20-16(11)21/h1-8,19H,9H2,(H,20,21). The number of rotatable bonds is 3. The largest absolute Gasteiger partial charge is 0.380 e. The van der Waals surface area contributed by atoms with Crippen molar-refractivity contribution in [1.29, 1.82) is 0 Å². The smallest absolute Gasteiger partial charge is 0.253 e. The molecular formula is C16H12ClIN2O. The van der Waals surface area contributed by atoms with Crippen LogP contribution in [0.3, 0.4) is 0 Å². The van der Waals surface area contributed by atoms with Gasteiger partial charge in [0.2, 0.25) is 0 Å². The Balaban J connectivity index is 1.88. The molecule has 0 aliphatic carbocycles. The minimum atomic E-state index is -0.0647. The zero-order valence-corrected chi connectivity index (χ0v) is 13.9. The first-order valence-corrected chi connectivity index (χ1v) is 7.89. The fourth-order valence-corrected chi connectivity index (χ4v) is 3.21. The molecule has 0 spiro atoms. The van der Waals surface area contributed by atoms with Crippen LogP contribution in [-0.2, 0) is 6.54 Å². The predicted molar refractivity (Wildman–Crippen MR) is 96.1 cm³/mol. The SMILES string of the molecule is O=c1[nH]c2ccccc2cc1CNc1ccc(Cl)cc1I. The van der Waals surface area contributed by atoms with E-state index in [2.05, 4.69) is 32.9 Å². The number of nitrogens with one attached hydrogen (secondary N) is 2. The van der Waals surface area contributed by atoms with Crippen molar-refractivity contribution in [3.05, 3.63) is 73.0 Å². The van der Waals surface area contributed by atoms with Gasteiger partial charge in [0.05, 0.1) is 0 Å². The summed E-state index contributed by atoms with van der Waals surface area (Å²) < 4.78 is 1.03. The molecule has 0 amide bonds. The van der Waals surface area contributed by atoms with Gasteiger partial charge < -0.3 is 10.3 Å². The van der Waals surface area contributed by atoms with E-state index in [4.69, 9.17) is 11.6 Å². The fourth-order valence-electron chi connectivity index (χ4n) is 2.15. The molecule has 0 saturated heterocycles. The summed E-state index contributed by atoms with van der Waals surface area (Å²) in [4.78, 5) is 15.0. The number of hydrogen-bond donors (Lipinski definition) is 2. The molecule has 21 heavy (non-hydrogen) atoms. The molecule has 0 bridgehead atoms. The van der Waals surface area contributed by atoms with Gasteiger partial charge in [0.25, 0.3) is 5.56 Å². The molecule has 1 aromatic heterocycles. The number of para-hydroxylation sites is 1. The zero-order chi connectivity index (χ0) is 14.8. The third kappa shape index (κ3) is 3.22. The third-order valence-electron chi connectivity index (χ3n) is 3.23. The lowest BCUT2D eigenvalue weighted by Crippen LogP contribution is -2.15. The highest BCUT2D eigenvalue weighted by Gasteiger charge is 2.04. The maximum atomic E-state index is 12.1. The number of hydrogen-bond acceptors (Lipinski definition) is 2. The number of pyridine rings is 1.